The SMILES string of the molecule is Cc1ncccc1Oc1cc(SCC2CC2)cnc1Nc1nc(C2COC3(CCCCC3)O2)ns1. The van der Waals surface area contributed by atoms with Crippen LogP contribution in [0.2, 0.25) is 0 Å². The summed E-state index contributed by atoms with van der Waals surface area (Å²) in [6, 6.07) is 5.82. The summed E-state index contributed by atoms with van der Waals surface area (Å²) >= 11 is 3.11. The molecule has 1 N–H and O–H groups in total. The van der Waals surface area contributed by atoms with E-state index in [1.165, 1.54) is 30.8 Å². The van der Waals surface area contributed by atoms with Crippen LogP contribution in [0.1, 0.15) is 62.6 Å². The maximum absolute atomic E-state index is 6.30. The molecule has 2 saturated carbocycles. The van der Waals surface area contributed by atoms with Gasteiger partial charge in [0.2, 0.25) is 5.13 Å². The van der Waals surface area contributed by atoms with Crippen LogP contribution in [0.5, 0.6) is 11.5 Å². The Bertz CT molecular complexity index is 1180. The summed E-state index contributed by atoms with van der Waals surface area (Å²) in [6.45, 7) is 2.43. The summed E-state index contributed by atoms with van der Waals surface area (Å²) in [4.78, 5) is 14.8. The second-order valence-electron chi connectivity index (χ2n) is 9.43. The largest absolute Gasteiger partial charge is 0.452 e. The van der Waals surface area contributed by atoms with E-state index in [4.69, 9.17) is 19.2 Å². The van der Waals surface area contributed by atoms with E-state index in [2.05, 4.69) is 19.7 Å². The average Bonchev–Trinajstić information content (AvgIpc) is 3.45. The fourth-order valence-electron chi connectivity index (χ4n) is 4.42. The van der Waals surface area contributed by atoms with Crippen molar-refractivity contribution in [2.75, 3.05) is 17.7 Å². The second kappa shape index (κ2) is 10.0. The van der Waals surface area contributed by atoms with Crippen molar-refractivity contribution < 1.29 is 14.2 Å². The lowest BCUT2D eigenvalue weighted by molar-refractivity contribution is -0.188. The fraction of sp³-hybridized carbons (Fsp3) is 0.520. The van der Waals surface area contributed by atoms with Crippen molar-refractivity contribution in [1.82, 2.24) is 19.3 Å². The molecule has 1 aliphatic heterocycles. The number of rotatable bonds is 8. The molecule has 1 unspecified atom stereocenters. The first-order valence-corrected chi connectivity index (χ1v) is 14.1. The van der Waals surface area contributed by atoms with Gasteiger partial charge in [0.15, 0.2) is 23.2 Å². The Kier molecular flexibility index (Phi) is 6.62. The number of nitrogens with zero attached hydrogens (tertiary/aromatic N) is 4. The molecule has 8 nitrogen and oxygen atoms in total. The topological polar surface area (TPSA) is 91.3 Å². The summed E-state index contributed by atoms with van der Waals surface area (Å²) in [5.74, 6) is 4.09. The molecule has 35 heavy (non-hydrogen) atoms. The molecule has 1 atom stereocenters. The van der Waals surface area contributed by atoms with E-state index in [1.807, 2.05) is 43.1 Å². The van der Waals surface area contributed by atoms with E-state index in [9.17, 15) is 0 Å². The van der Waals surface area contributed by atoms with Crippen LogP contribution in [0.15, 0.2) is 35.5 Å². The van der Waals surface area contributed by atoms with Gasteiger partial charge >= 0.3 is 0 Å². The number of hydrogen-bond donors (Lipinski definition) is 1. The molecule has 184 valence electrons. The van der Waals surface area contributed by atoms with E-state index >= 15 is 0 Å². The maximum atomic E-state index is 6.30. The van der Waals surface area contributed by atoms with Gasteiger partial charge in [0.05, 0.1) is 12.3 Å². The van der Waals surface area contributed by atoms with Gasteiger partial charge < -0.3 is 19.5 Å². The van der Waals surface area contributed by atoms with Crippen LogP contribution in [0, 0.1) is 12.8 Å². The predicted molar refractivity (Wildman–Crippen MR) is 136 cm³/mol. The minimum Gasteiger partial charge on any atom is -0.452 e. The summed E-state index contributed by atoms with van der Waals surface area (Å²) in [7, 11) is 0. The Labute approximate surface area is 213 Å². The van der Waals surface area contributed by atoms with Crippen LogP contribution >= 0.6 is 23.3 Å². The molecule has 3 aromatic heterocycles. The Morgan fingerprint density at radius 2 is 2.09 bits per heavy atom. The number of hydrogen-bond acceptors (Lipinski definition) is 10. The molecule has 10 heteroatoms. The lowest BCUT2D eigenvalue weighted by atomic mass is 9.94. The van der Waals surface area contributed by atoms with Crippen LogP contribution in [0.25, 0.3) is 0 Å². The van der Waals surface area contributed by atoms with Gasteiger partial charge in [0, 0.05) is 47.4 Å². The summed E-state index contributed by atoms with van der Waals surface area (Å²) in [5, 5.41) is 3.96. The molecular weight excluding hydrogens is 482 g/mol. The maximum Gasteiger partial charge on any atom is 0.208 e. The van der Waals surface area contributed by atoms with Gasteiger partial charge in [-0.2, -0.15) is 4.37 Å². The Balaban J connectivity index is 1.19. The molecule has 3 aromatic rings. The van der Waals surface area contributed by atoms with E-state index in [-0.39, 0.29) is 6.10 Å². The van der Waals surface area contributed by atoms with Crippen molar-refractivity contribution >= 4 is 34.2 Å². The zero-order chi connectivity index (χ0) is 23.7. The highest BCUT2D eigenvalue weighted by atomic mass is 32.2. The highest BCUT2D eigenvalue weighted by Crippen LogP contribution is 2.43. The average molecular weight is 512 g/mol. The molecule has 3 aliphatic rings. The molecule has 0 aromatic carbocycles. The third-order valence-electron chi connectivity index (χ3n) is 6.61. The lowest BCUT2D eigenvalue weighted by Crippen LogP contribution is -2.32. The fourth-order valence-corrected chi connectivity index (χ4v) is 6.12. The predicted octanol–water partition coefficient (Wildman–Crippen LogP) is 6.42. The van der Waals surface area contributed by atoms with E-state index < -0.39 is 5.79 Å². The van der Waals surface area contributed by atoms with Crippen LogP contribution in [0.4, 0.5) is 10.9 Å². The smallest absolute Gasteiger partial charge is 0.208 e. The first kappa shape index (κ1) is 23.1. The third-order valence-corrected chi connectivity index (χ3v) is 8.45. The Morgan fingerprint density at radius 1 is 1.20 bits per heavy atom. The highest BCUT2D eigenvalue weighted by molar-refractivity contribution is 7.99. The minimum atomic E-state index is -0.445. The first-order chi connectivity index (χ1) is 17.2. The number of anilines is 2. The quantitative estimate of drug-likeness (QED) is 0.344. The van der Waals surface area contributed by atoms with Crippen molar-refractivity contribution in [1.29, 1.82) is 0 Å². The molecule has 6 rings (SSSR count). The zero-order valence-electron chi connectivity index (χ0n) is 19.7. The van der Waals surface area contributed by atoms with Crippen molar-refractivity contribution in [2.45, 2.75) is 68.7 Å². The van der Waals surface area contributed by atoms with E-state index in [1.54, 1.807) is 6.20 Å². The van der Waals surface area contributed by atoms with Crippen LogP contribution in [-0.2, 0) is 9.47 Å². The summed E-state index contributed by atoms with van der Waals surface area (Å²) < 4.78 is 23.2. The van der Waals surface area contributed by atoms with Crippen molar-refractivity contribution in [3.63, 3.8) is 0 Å². The Morgan fingerprint density at radius 3 is 2.91 bits per heavy atom. The van der Waals surface area contributed by atoms with Crippen LogP contribution in [-0.4, -0.2) is 37.5 Å². The molecule has 2 aliphatic carbocycles. The monoisotopic (exact) mass is 511 g/mol. The van der Waals surface area contributed by atoms with Crippen LogP contribution < -0.4 is 10.1 Å². The molecule has 1 spiro atoms. The van der Waals surface area contributed by atoms with Crippen molar-refractivity contribution in [3.05, 3.63) is 42.1 Å². The second-order valence-corrected chi connectivity index (χ2v) is 11.3. The zero-order valence-corrected chi connectivity index (χ0v) is 21.4. The Hall–Kier alpha value is -2.27. The summed E-state index contributed by atoms with van der Waals surface area (Å²) in [5.41, 5.74) is 0.822. The van der Waals surface area contributed by atoms with Crippen molar-refractivity contribution in [3.8, 4) is 11.5 Å². The number of nitrogens with one attached hydrogen (secondary N) is 1. The van der Waals surface area contributed by atoms with Gasteiger partial charge in [-0.1, -0.05) is 6.42 Å². The van der Waals surface area contributed by atoms with E-state index in [0.717, 1.165) is 47.9 Å². The lowest BCUT2D eigenvalue weighted by Gasteiger charge is -2.31. The number of aromatic nitrogens is 4. The molecule has 1 saturated heterocycles. The molecule has 0 radical (unpaired) electrons. The van der Waals surface area contributed by atoms with Crippen LogP contribution in [0.3, 0.4) is 0 Å². The van der Waals surface area contributed by atoms with Gasteiger partial charge in [-0.25, -0.2) is 9.97 Å². The number of pyridine rings is 2. The standard InChI is InChI=1S/C25H29N5O3S2/c1-16-19(6-5-11-26-16)32-20-12-18(34-15-17-7-8-17)13-27-22(20)28-24-29-23(30-35-24)21-14-31-25(33-21)9-3-2-4-10-25/h5-6,11-13,17,21H,2-4,7-10,14-15H2,1H3,(H,27,28,29,30). The van der Waals surface area contributed by atoms with Gasteiger partial charge in [-0.15, -0.1) is 11.8 Å². The first-order valence-electron chi connectivity index (χ1n) is 12.3. The van der Waals surface area contributed by atoms with E-state index in [0.29, 0.717) is 34.9 Å². The normalized spacial score (nSPS) is 21.3. The van der Waals surface area contributed by atoms with Gasteiger partial charge in [-0.05, 0) is 56.7 Å². The summed E-state index contributed by atoms with van der Waals surface area (Å²) in [6.07, 6.45) is 11.5. The van der Waals surface area contributed by atoms with Gasteiger partial charge in [0.25, 0.3) is 0 Å². The number of aryl methyl sites for hydroxylation is 1. The molecule has 0 amide bonds. The van der Waals surface area contributed by atoms with Crippen molar-refractivity contribution in [2.24, 2.45) is 5.92 Å². The molecular formula is C25H29N5O3S2. The van der Waals surface area contributed by atoms with Gasteiger partial charge in [0.1, 0.15) is 11.9 Å². The molecule has 4 heterocycles. The van der Waals surface area contributed by atoms with Gasteiger partial charge in [-0.3, -0.25) is 4.98 Å². The number of ether oxygens (including phenoxy) is 3. The molecule has 0 bridgehead atoms. The highest BCUT2D eigenvalue weighted by Gasteiger charge is 2.44. The third kappa shape index (κ3) is 5.45. The molecule has 3 fully saturated rings. The number of thioether (sulfide) groups is 1. The minimum absolute atomic E-state index is 0.233.